The molecule has 11 heavy (non-hydrogen) atoms. The lowest BCUT2D eigenvalue weighted by Crippen LogP contribution is -1.99. The van der Waals surface area contributed by atoms with Crippen LogP contribution in [0, 0.1) is 5.41 Å². The molecule has 0 fully saturated rings. The molecule has 0 unspecified atom stereocenters. The van der Waals surface area contributed by atoms with Crippen LogP contribution >= 0.6 is 22.6 Å². The van der Waals surface area contributed by atoms with Gasteiger partial charge in [0.2, 0.25) is 0 Å². The second-order valence-corrected chi connectivity index (χ2v) is 5.69. The van der Waals surface area contributed by atoms with E-state index >= 15 is 0 Å². The van der Waals surface area contributed by atoms with Crippen molar-refractivity contribution < 1.29 is 0 Å². The van der Waals surface area contributed by atoms with Crippen molar-refractivity contribution >= 4 is 22.6 Å². The van der Waals surface area contributed by atoms with Crippen molar-refractivity contribution in [2.45, 2.75) is 34.6 Å². The first-order valence-corrected chi connectivity index (χ1v) is 4.92. The van der Waals surface area contributed by atoms with Crippen molar-refractivity contribution in [2.24, 2.45) is 5.41 Å². The van der Waals surface area contributed by atoms with E-state index in [1.807, 2.05) is 0 Å². The second-order valence-electron chi connectivity index (χ2n) is 3.99. The van der Waals surface area contributed by atoms with E-state index in [2.05, 4.69) is 69.4 Å². The quantitative estimate of drug-likeness (QED) is 0.488. The molecule has 0 bridgehead atoms. The minimum absolute atomic E-state index is 0.298. The van der Waals surface area contributed by atoms with Crippen LogP contribution in [0.25, 0.3) is 0 Å². The third kappa shape index (κ3) is 8.11. The molecule has 0 saturated carbocycles. The summed E-state index contributed by atoms with van der Waals surface area (Å²) in [6.07, 6.45) is 4.49. The molecular weight excluding hydrogens is 247 g/mol. The standard InChI is InChI=1S/C10H17I/c1-8(6-9(2)11)7-10(3,4)5/h6-7H,1-5H3/b8-7+,9-6+. The average molecular weight is 264 g/mol. The first-order chi connectivity index (χ1) is 4.81. The highest BCUT2D eigenvalue weighted by Crippen LogP contribution is 2.19. The number of allylic oxidation sites excluding steroid dienone is 4. The summed E-state index contributed by atoms with van der Waals surface area (Å²) in [5.41, 5.74) is 1.65. The Morgan fingerprint density at radius 3 is 1.91 bits per heavy atom. The van der Waals surface area contributed by atoms with Crippen molar-refractivity contribution in [3.63, 3.8) is 0 Å². The maximum atomic E-state index is 2.33. The van der Waals surface area contributed by atoms with E-state index in [1.54, 1.807) is 0 Å². The van der Waals surface area contributed by atoms with Crippen LogP contribution in [0.4, 0.5) is 0 Å². The summed E-state index contributed by atoms with van der Waals surface area (Å²) >= 11 is 2.33. The average Bonchev–Trinajstić information content (AvgIpc) is 1.53. The smallest absolute Gasteiger partial charge is 0.0123 e. The molecule has 0 aliphatic heterocycles. The van der Waals surface area contributed by atoms with Crippen LogP contribution in [0.3, 0.4) is 0 Å². The highest BCUT2D eigenvalue weighted by atomic mass is 127. The molecule has 0 aliphatic rings. The third-order valence-corrected chi connectivity index (χ3v) is 1.40. The van der Waals surface area contributed by atoms with Crippen molar-refractivity contribution in [1.29, 1.82) is 0 Å². The van der Waals surface area contributed by atoms with Gasteiger partial charge >= 0.3 is 0 Å². The van der Waals surface area contributed by atoms with Crippen LogP contribution in [-0.4, -0.2) is 0 Å². The van der Waals surface area contributed by atoms with Gasteiger partial charge in [-0.1, -0.05) is 38.5 Å². The molecule has 0 N–H and O–H groups in total. The van der Waals surface area contributed by atoms with Gasteiger partial charge in [0, 0.05) is 0 Å². The molecule has 0 saturated heterocycles. The van der Waals surface area contributed by atoms with E-state index in [9.17, 15) is 0 Å². The first-order valence-electron chi connectivity index (χ1n) is 3.84. The molecule has 0 atom stereocenters. The maximum absolute atomic E-state index is 2.33. The molecule has 0 aromatic heterocycles. The van der Waals surface area contributed by atoms with Gasteiger partial charge in [-0.05, 0) is 45.4 Å². The Morgan fingerprint density at radius 1 is 1.18 bits per heavy atom. The van der Waals surface area contributed by atoms with Gasteiger partial charge in [0.05, 0.1) is 0 Å². The summed E-state index contributed by atoms with van der Waals surface area (Å²) in [7, 11) is 0. The lowest BCUT2D eigenvalue weighted by molar-refractivity contribution is 0.541. The molecular formula is C10H17I. The van der Waals surface area contributed by atoms with Crippen LogP contribution in [0.1, 0.15) is 34.6 Å². The van der Waals surface area contributed by atoms with Crippen LogP contribution < -0.4 is 0 Å². The largest absolute Gasteiger partial charge is 0.0762 e. The normalized spacial score (nSPS) is 15.5. The fourth-order valence-corrected chi connectivity index (χ4v) is 1.53. The van der Waals surface area contributed by atoms with E-state index in [1.165, 1.54) is 9.15 Å². The Hall–Kier alpha value is 0.210. The SMILES string of the molecule is C/C(I)=C\C(C)=C\C(C)(C)C. The van der Waals surface area contributed by atoms with Gasteiger partial charge in [0.15, 0.2) is 0 Å². The predicted molar refractivity (Wildman–Crippen MR) is 61.0 cm³/mol. The number of halogens is 1. The summed E-state index contributed by atoms with van der Waals surface area (Å²) in [4.78, 5) is 0. The lowest BCUT2D eigenvalue weighted by Gasteiger charge is -2.12. The van der Waals surface area contributed by atoms with E-state index < -0.39 is 0 Å². The van der Waals surface area contributed by atoms with Crippen LogP contribution in [0.5, 0.6) is 0 Å². The summed E-state index contributed by atoms with van der Waals surface area (Å²) in [5, 5.41) is 0. The van der Waals surface area contributed by atoms with E-state index in [0.717, 1.165) is 0 Å². The highest BCUT2D eigenvalue weighted by Gasteiger charge is 2.04. The molecule has 0 aromatic rings. The van der Waals surface area contributed by atoms with Gasteiger partial charge in [-0.3, -0.25) is 0 Å². The van der Waals surface area contributed by atoms with Gasteiger partial charge in [-0.15, -0.1) is 0 Å². The Balaban J connectivity index is 4.36. The van der Waals surface area contributed by atoms with Crippen LogP contribution in [0.15, 0.2) is 21.3 Å². The Kier molecular flexibility index (Phi) is 4.37. The minimum Gasteiger partial charge on any atom is -0.0762 e. The summed E-state index contributed by atoms with van der Waals surface area (Å²) < 4.78 is 1.33. The molecule has 0 radical (unpaired) electrons. The fourth-order valence-electron chi connectivity index (χ4n) is 1.04. The molecule has 0 heterocycles. The highest BCUT2D eigenvalue weighted by molar-refractivity contribution is 14.1. The minimum atomic E-state index is 0.298. The molecule has 0 nitrogen and oxygen atoms in total. The zero-order valence-corrected chi connectivity index (χ0v) is 10.2. The number of hydrogen-bond donors (Lipinski definition) is 0. The van der Waals surface area contributed by atoms with Gasteiger partial charge < -0.3 is 0 Å². The third-order valence-electron chi connectivity index (χ3n) is 1.09. The number of rotatable bonds is 1. The Bertz CT molecular complexity index is 176. The summed E-state index contributed by atoms with van der Waals surface area (Å²) in [6.45, 7) is 10.9. The first kappa shape index (κ1) is 11.2. The molecule has 0 aliphatic carbocycles. The van der Waals surface area contributed by atoms with Gasteiger partial charge in [-0.2, -0.15) is 0 Å². The summed E-state index contributed by atoms with van der Waals surface area (Å²) in [5.74, 6) is 0. The Labute approximate surface area is 83.9 Å². The molecule has 0 aromatic carbocycles. The fraction of sp³-hybridized carbons (Fsp3) is 0.600. The van der Waals surface area contributed by atoms with Gasteiger partial charge in [-0.25, -0.2) is 0 Å². The molecule has 1 heteroatoms. The lowest BCUT2D eigenvalue weighted by atomic mass is 9.94. The molecule has 0 amide bonds. The molecule has 0 rings (SSSR count). The molecule has 0 spiro atoms. The zero-order chi connectivity index (χ0) is 9.07. The number of hydrogen-bond acceptors (Lipinski definition) is 0. The van der Waals surface area contributed by atoms with Gasteiger partial charge in [0.25, 0.3) is 0 Å². The molecule has 64 valence electrons. The van der Waals surface area contributed by atoms with E-state index in [-0.39, 0.29) is 0 Å². The predicted octanol–water partition coefficient (Wildman–Crippen LogP) is 4.32. The van der Waals surface area contributed by atoms with E-state index in [0.29, 0.717) is 5.41 Å². The summed E-state index contributed by atoms with van der Waals surface area (Å²) in [6, 6.07) is 0. The van der Waals surface area contributed by atoms with Crippen molar-refractivity contribution in [2.75, 3.05) is 0 Å². The van der Waals surface area contributed by atoms with Crippen LogP contribution in [0.2, 0.25) is 0 Å². The zero-order valence-electron chi connectivity index (χ0n) is 8.03. The second kappa shape index (κ2) is 4.29. The van der Waals surface area contributed by atoms with Crippen molar-refractivity contribution in [3.05, 3.63) is 21.3 Å². The van der Waals surface area contributed by atoms with Crippen LogP contribution in [-0.2, 0) is 0 Å². The van der Waals surface area contributed by atoms with Crippen molar-refractivity contribution in [3.8, 4) is 0 Å². The topological polar surface area (TPSA) is 0 Å². The monoisotopic (exact) mass is 264 g/mol. The van der Waals surface area contributed by atoms with E-state index in [4.69, 9.17) is 0 Å². The van der Waals surface area contributed by atoms with Gasteiger partial charge in [0.1, 0.15) is 0 Å². The van der Waals surface area contributed by atoms with Crippen molar-refractivity contribution in [1.82, 2.24) is 0 Å². The maximum Gasteiger partial charge on any atom is -0.0123 e. The Morgan fingerprint density at radius 2 is 1.64 bits per heavy atom.